The van der Waals surface area contributed by atoms with Crippen molar-refractivity contribution in [2.75, 3.05) is 13.1 Å². The molecule has 1 fully saturated rings. The van der Waals surface area contributed by atoms with Gasteiger partial charge in [-0.1, -0.05) is 6.07 Å². The quantitative estimate of drug-likeness (QED) is 0.821. The molecule has 0 spiro atoms. The number of aromatic nitrogens is 1. The molecule has 2 amide bonds. The van der Waals surface area contributed by atoms with Crippen LogP contribution in [-0.2, 0) is 0 Å². The second-order valence-corrected chi connectivity index (χ2v) is 3.64. The molecule has 0 radical (unpaired) electrons. The van der Waals surface area contributed by atoms with Gasteiger partial charge in [0.15, 0.2) is 0 Å². The lowest BCUT2D eigenvalue weighted by atomic mass is 10.1. The van der Waals surface area contributed by atoms with E-state index in [0.717, 1.165) is 5.56 Å². The molecule has 1 saturated heterocycles. The van der Waals surface area contributed by atoms with Crippen LogP contribution in [0.25, 0.3) is 0 Å². The summed E-state index contributed by atoms with van der Waals surface area (Å²) in [5.74, 6) is 0. The van der Waals surface area contributed by atoms with Crippen molar-refractivity contribution in [3.05, 3.63) is 30.1 Å². The van der Waals surface area contributed by atoms with Gasteiger partial charge in [0.05, 0.1) is 18.5 Å². The highest BCUT2D eigenvalue weighted by Crippen LogP contribution is 2.19. The van der Waals surface area contributed by atoms with Crippen LogP contribution < -0.4 is 5.32 Å². The molecule has 0 bridgehead atoms. The molecule has 5 heteroatoms. The SMILES string of the molecule is N#CCCN1CC(c2cccnc2)NC1=O. The third kappa shape index (κ3) is 2.11. The van der Waals surface area contributed by atoms with Crippen molar-refractivity contribution >= 4 is 6.03 Å². The van der Waals surface area contributed by atoms with E-state index in [-0.39, 0.29) is 12.1 Å². The summed E-state index contributed by atoms with van der Waals surface area (Å²) >= 11 is 0. The van der Waals surface area contributed by atoms with E-state index >= 15 is 0 Å². The highest BCUT2D eigenvalue weighted by atomic mass is 16.2. The van der Waals surface area contributed by atoms with Crippen LogP contribution in [0.1, 0.15) is 18.0 Å². The molecule has 5 nitrogen and oxygen atoms in total. The molecule has 1 N–H and O–H groups in total. The molecule has 1 aliphatic rings. The van der Waals surface area contributed by atoms with Crippen molar-refractivity contribution in [1.29, 1.82) is 5.26 Å². The lowest BCUT2D eigenvalue weighted by molar-refractivity contribution is 0.218. The fourth-order valence-corrected chi connectivity index (χ4v) is 1.74. The summed E-state index contributed by atoms with van der Waals surface area (Å²) in [7, 11) is 0. The van der Waals surface area contributed by atoms with Crippen LogP contribution in [0, 0.1) is 11.3 Å². The number of pyridine rings is 1. The Balaban J connectivity index is 2.02. The second-order valence-electron chi connectivity index (χ2n) is 3.64. The van der Waals surface area contributed by atoms with Gasteiger partial charge in [-0.05, 0) is 11.6 Å². The van der Waals surface area contributed by atoms with Crippen molar-refractivity contribution in [2.24, 2.45) is 0 Å². The Labute approximate surface area is 93.7 Å². The maximum atomic E-state index is 11.5. The van der Waals surface area contributed by atoms with Crippen LogP contribution in [0.2, 0.25) is 0 Å². The number of carbonyl (C=O) groups excluding carboxylic acids is 1. The van der Waals surface area contributed by atoms with Crippen molar-refractivity contribution in [3.63, 3.8) is 0 Å². The second kappa shape index (κ2) is 4.62. The molecule has 1 unspecified atom stereocenters. The van der Waals surface area contributed by atoms with Crippen LogP contribution in [0.4, 0.5) is 4.79 Å². The normalized spacial score (nSPS) is 19.3. The van der Waals surface area contributed by atoms with Gasteiger partial charge in [-0.25, -0.2) is 4.79 Å². The van der Waals surface area contributed by atoms with E-state index in [1.807, 2.05) is 18.2 Å². The van der Waals surface area contributed by atoms with Crippen molar-refractivity contribution in [2.45, 2.75) is 12.5 Å². The third-order valence-corrected chi connectivity index (χ3v) is 2.57. The highest BCUT2D eigenvalue weighted by Gasteiger charge is 2.29. The molecular weight excluding hydrogens is 204 g/mol. The Morgan fingerprint density at radius 3 is 3.25 bits per heavy atom. The van der Waals surface area contributed by atoms with Gasteiger partial charge < -0.3 is 10.2 Å². The van der Waals surface area contributed by atoms with Gasteiger partial charge in [0.2, 0.25) is 0 Å². The molecule has 82 valence electrons. The summed E-state index contributed by atoms with van der Waals surface area (Å²) in [5, 5.41) is 11.3. The maximum absolute atomic E-state index is 11.5. The van der Waals surface area contributed by atoms with Gasteiger partial charge in [0.1, 0.15) is 0 Å². The zero-order valence-electron chi connectivity index (χ0n) is 8.76. The maximum Gasteiger partial charge on any atom is 0.318 e. The number of rotatable bonds is 3. The van der Waals surface area contributed by atoms with Crippen LogP contribution in [0.15, 0.2) is 24.5 Å². The number of nitrogens with zero attached hydrogens (tertiary/aromatic N) is 3. The smallest absolute Gasteiger partial charge is 0.318 e. The minimum Gasteiger partial charge on any atom is -0.329 e. The lowest BCUT2D eigenvalue weighted by Crippen LogP contribution is -2.28. The molecule has 2 heterocycles. The monoisotopic (exact) mass is 216 g/mol. The molecule has 1 atom stereocenters. The summed E-state index contributed by atoms with van der Waals surface area (Å²) < 4.78 is 0. The number of amides is 2. The Morgan fingerprint density at radius 1 is 1.69 bits per heavy atom. The molecule has 1 aromatic rings. The first kappa shape index (κ1) is 10.4. The summed E-state index contributed by atoms with van der Waals surface area (Å²) in [6.45, 7) is 1.09. The fraction of sp³-hybridized carbons (Fsp3) is 0.364. The molecule has 16 heavy (non-hydrogen) atoms. The fourth-order valence-electron chi connectivity index (χ4n) is 1.74. The Bertz CT molecular complexity index is 412. The van der Waals surface area contributed by atoms with Crippen molar-refractivity contribution in [3.8, 4) is 6.07 Å². The molecular formula is C11H12N4O. The Kier molecular flexibility index (Phi) is 3.01. The third-order valence-electron chi connectivity index (χ3n) is 2.57. The zero-order chi connectivity index (χ0) is 11.4. The van der Waals surface area contributed by atoms with E-state index in [4.69, 9.17) is 5.26 Å². The molecule has 2 rings (SSSR count). The van der Waals surface area contributed by atoms with Gasteiger partial charge >= 0.3 is 6.03 Å². The summed E-state index contributed by atoms with van der Waals surface area (Å²) in [6.07, 6.45) is 3.82. The van der Waals surface area contributed by atoms with Gasteiger partial charge in [-0.15, -0.1) is 0 Å². The molecule has 0 saturated carbocycles. The molecule has 1 aromatic heterocycles. The Hall–Kier alpha value is -2.09. The lowest BCUT2D eigenvalue weighted by Gasteiger charge is -2.12. The minimum atomic E-state index is -0.107. The van der Waals surface area contributed by atoms with Gasteiger partial charge in [-0.2, -0.15) is 5.26 Å². The van der Waals surface area contributed by atoms with Gasteiger partial charge in [-0.3, -0.25) is 4.98 Å². The Morgan fingerprint density at radius 2 is 2.56 bits per heavy atom. The van der Waals surface area contributed by atoms with Crippen molar-refractivity contribution in [1.82, 2.24) is 15.2 Å². The van der Waals surface area contributed by atoms with Crippen LogP contribution >= 0.6 is 0 Å². The molecule has 1 aliphatic heterocycles. The standard InChI is InChI=1S/C11H12N4O/c12-4-2-6-15-8-10(14-11(15)16)9-3-1-5-13-7-9/h1,3,5,7,10H,2,6,8H2,(H,14,16). The van der Waals surface area contributed by atoms with Gasteiger partial charge in [0, 0.05) is 25.5 Å². The first-order chi connectivity index (χ1) is 7.81. The van der Waals surface area contributed by atoms with Crippen LogP contribution in [-0.4, -0.2) is 29.0 Å². The number of nitrogens with one attached hydrogen (secondary N) is 1. The minimum absolute atomic E-state index is 0.0140. The predicted octanol–water partition coefficient (Wildman–Crippen LogP) is 1.06. The molecule has 0 aromatic carbocycles. The highest BCUT2D eigenvalue weighted by molar-refractivity contribution is 5.77. The topological polar surface area (TPSA) is 69.0 Å². The average molecular weight is 216 g/mol. The number of hydrogen-bond acceptors (Lipinski definition) is 3. The van der Waals surface area contributed by atoms with Gasteiger partial charge in [0.25, 0.3) is 0 Å². The van der Waals surface area contributed by atoms with Crippen LogP contribution in [0.5, 0.6) is 0 Å². The van der Waals surface area contributed by atoms with E-state index in [1.54, 1.807) is 17.3 Å². The number of nitriles is 1. The van der Waals surface area contributed by atoms with Crippen molar-refractivity contribution < 1.29 is 4.79 Å². The molecule has 0 aliphatic carbocycles. The average Bonchev–Trinajstić information content (AvgIpc) is 2.69. The van der Waals surface area contributed by atoms with E-state index in [0.29, 0.717) is 19.5 Å². The summed E-state index contributed by atoms with van der Waals surface area (Å²) in [5.41, 5.74) is 0.996. The largest absolute Gasteiger partial charge is 0.329 e. The predicted molar refractivity (Wildman–Crippen MR) is 57.3 cm³/mol. The van der Waals surface area contributed by atoms with E-state index in [2.05, 4.69) is 10.3 Å². The summed E-state index contributed by atoms with van der Waals surface area (Å²) in [6, 6.07) is 5.70. The van der Waals surface area contributed by atoms with E-state index in [1.165, 1.54) is 0 Å². The van der Waals surface area contributed by atoms with E-state index < -0.39 is 0 Å². The summed E-state index contributed by atoms with van der Waals surface area (Å²) in [4.78, 5) is 17.2. The van der Waals surface area contributed by atoms with Crippen LogP contribution in [0.3, 0.4) is 0 Å². The van der Waals surface area contributed by atoms with E-state index in [9.17, 15) is 4.79 Å². The number of carbonyl (C=O) groups is 1. The first-order valence-electron chi connectivity index (χ1n) is 5.13. The first-order valence-corrected chi connectivity index (χ1v) is 5.13. The zero-order valence-corrected chi connectivity index (χ0v) is 8.76. The number of hydrogen-bond donors (Lipinski definition) is 1. The number of urea groups is 1.